The lowest BCUT2D eigenvalue weighted by Crippen LogP contribution is -2.30. The van der Waals surface area contributed by atoms with Crippen LogP contribution >= 0.6 is 0 Å². The molecular formula is C24H27N3O3. The molecule has 3 aromatic rings. The van der Waals surface area contributed by atoms with Gasteiger partial charge < -0.3 is 19.5 Å². The van der Waals surface area contributed by atoms with Crippen molar-refractivity contribution >= 4 is 34.2 Å². The summed E-state index contributed by atoms with van der Waals surface area (Å²) >= 11 is 0. The molecule has 2 heterocycles. The van der Waals surface area contributed by atoms with Crippen molar-refractivity contribution in [1.82, 2.24) is 4.57 Å². The van der Waals surface area contributed by atoms with Crippen LogP contribution in [-0.4, -0.2) is 35.6 Å². The van der Waals surface area contributed by atoms with Crippen LogP contribution in [0.3, 0.4) is 0 Å². The first kappa shape index (κ1) is 20.0. The van der Waals surface area contributed by atoms with Crippen LogP contribution < -0.4 is 10.2 Å². The second kappa shape index (κ2) is 8.61. The molecule has 6 heteroatoms. The Balaban J connectivity index is 1.38. The Morgan fingerprint density at radius 1 is 1.00 bits per heavy atom. The zero-order valence-electron chi connectivity index (χ0n) is 17.4. The molecule has 0 saturated carbocycles. The highest BCUT2D eigenvalue weighted by Crippen LogP contribution is 2.23. The number of hydrogen-bond acceptors (Lipinski definition) is 4. The third-order valence-electron chi connectivity index (χ3n) is 5.63. The Kier molecular flexibility index (Phi) is 5.74. The Labute approximate surface area is 176 Å². The van der Waals surface area contributed by atoms with Gasteiger partial charge in [0.1, 0.15) is 0 Å². The average Bonchev–Trinajstić information content (AvgIpc) is 3.12. The van der Waals surface area contributed by atoms with E-state index in [1.54, 1.807) is 13.1 Å². The minimum absolute atomic E-state index is 0.352. The Bertz CT molecular complexity index is 1050. The summed E-state index contributed by atoms with van der Waals surface area (Å²) in [6, 6.07) is 15.4. The first-order valence-corrected chi connectivity index (χ1v) is 10.4. The predicted molar refractivity (Wildman–Crippen MR) is 119 cm³/mol. The number of esters is 1. The van der Waals surface area contributed by atoms with Crippen molar-refractivity contribution in [2.45, 2.75) is 32.3 Å². The average molecular weight is 405 g/mol. The quantitative estimate of drug-likeness (QED) is 0.641. The fraction of sp³-hybridized carbons (Fsp3) is 0.333. The highest BCUT2D eigenvalue weighted by molar-refractivity contribution is 6.05. The third kappa shape index (κ3) is 4.17. The summed E-state index contributed by atoms with van der Waals surface area (Å²) in [7, 11) is 1.88. The van der Waals surface area contributed by atoms with E-state index < -0.39 is 12.1 Å². The lowest BCUT2D eigenvalue weighted by molar-refractivity contribution is -0.123. The second-order valence-electron chi connectivity index (χ2n) is 7.80. The minimum Gasteiger partial charge on any atom is -0.449 e. The van der Waals surface area contributed by atoms with E-state index in [9.17, 15) is 9.59 Å². The van der Waals surface area contributed by atoms with Crippen LogP contribution in [-0.2, 0) is 16.6 Å². The van der Waals surface area contributed by atoms with E-state index in [4.69, 9.17) is 4.74 Å². The van der Waals surface area contributed by atoms with Crippen LogP contribution in [0.25, 0.3) is 10.9 Å². The van der Waals surface area contributed by atoms with E-state index in [-0.39, 0.29) is 5.91 Å². The topological polar surface area (TPSA) is 63.6 Å². The molecule has 0 spiro atoms. The first-order chi connectivity index (χ1) is 14.5. The molecule has 1 saturated heterocycles. The summed E-state index contributed by atoms with van der Waals surface area (Å²) in [5, 5.41) is 3.64. The molecule has 4 rings (SSSR count). The van der Waals surface area contributed by atoms with Crippen molar-refractivity contribution in [3.63, 3.8) is 0 Å². The van der Waals surface area contributed by atoms with Gasteiger partial charge in [-0.05, 0) is 56.5 Å². The Morgan fingerprint density at radius 3 is 2.43 bits per heavy atom. The third-order valence-corrected chi connectivity index (χ3v) is 5.63. The van der Waals surface area contributed by atoms with Gasteiger partial charge in [0.2, 0.25) is 0 Å². The van der Waals surface area contributed by atoms with Crippen molar-refractivity contribution in [2.75, 3.05) is 23.3 Å². The number of amides is 1. The molecule has 0 unspecified atom stereocenters. The SMILES string of the molecule is C[C@@H](OC(=O)c1cn(C)c2ccccc12)C(=O)Nc1ccc(N2CCCCC2)cc1. The number of aromatic nitrogens is 1. The normalized spacial score (nSPS) is 15.1. The van der Waals surface area contributed by atoms with Gasteiger partial charge in [-0.15, -0.1) is 0 Å². The smallest absolute Gasteiger partial charge is 0.341 e. The maximum Gasteiger partial charge on any atom is 0.341 e. The lowest BCUT2D eigenvalue weighted by Gasteiger charge is -2.28. The molecule has 1 fully saturated rings. The molecule has 1 atom stereocenters. The monoisotopic (exact) mass is 405 g/mol. The number of anilines is 2. The van der Waals surface area contributed by atoms with E-state index >= 15 is 0 Å². The van der Waals surface area contributed by atoms with Crippen molar-refractivity contribution in [1.29, 1.82) is 0 Å². The minimum atomic E-state index is -0.904. The van der Waals surface area contributed by atoms with Crippen LogP contribution in [0.5, 0.6) is 0 Å². The van der Waals surface area contributed by atoms with Crippen molar-refractivity contribution in [2.24, 2.45) is 7.05 Å². The molecule has 6 nitrogen and oxygen atoms in total. The second-order valence-corrected chi connectivity index (χ2v) is 7.80. The number of aryl methyl sites for hydroxylation is 1. The molecule has 0 aliphatic carbocycles. The number of carbonyl (C=O) groups is 2. The van der Waals surface area contributed by atoms with Crippen LogP contribution in [0.1, 0.15) is 36.5 Å². The summed E-state index contributed by atoms with van der Waals surface area (Å²) in [5.41, 5.74) is 3.26. The lowest BCUT2D eigenvalue weighted by atomic mass is 10.1. The van der Waals surface area contributed by atoms with E-state index in [2.05, 4.69) is 10.2 Å². The number of rotatable bonds is 5. The van der Waals surface area contributed by atoms with Crippen LogP contribution in [0.2, 0.25) is 0 Å². The zero-order chi connectivity index (χ0) is 21.1. The van der Waals surface area contributed by atoms with Crippen LogP contribution in [0.4, 0.5) is 11.4 Å². The maximum atomic E-state index is 12.6. The summed E-state index contributed by atoms with van der Waals surface area (Å²) in [4.78, 5) is 27.5. The Hall–Kier alpha value is -3.28. The van der Waals surface area contributed by atoms with Crippen molar-refractivity contribution in [3.05, 3.63) is 60.3 Å². The highest BCUT2D eigenvalue weighted by Gasteiger charge is 2.22. The molecule has 30 heavy (non-hydrogen) atoms. The maximum absolute atomic E-state index is 12.6. The largest absolute Gasteiger partial charge is 0.449 e. The zero-order valence-corrected chi connectivity index (χ0v) is 17.4. The van der Waals surface area contributed by atoms with Gasteiger partial charge in [0.05, 0.1) is 5.56 Å². The number of fused-ring (bicyclic) bond motifs is 1. The highest BCUT2D eigenvalue weighted by atomic mass is 16.5. The molecule has 156 valence electrons. The number of benzene rings is 2. The number of hydrogen-bond donors (Lipinski definition) is 1. The van der Waals surface area contributed by atoms with Crippen molar-refractivity contribution < 1.29 is 14.3 Å². The van der Waals surface area contributed by atoms with Crippen molar-refractivity contribution in [3.8, 4) is 0 Å². The fourth-order valence-electron chi connectivity index (χ4n) is 3.93. The number of ether oxygens (including phenoxy) is 1. The van der Waals surface area contributed by atoms with Gasteiger partial charge in [0, 0.05) is 48.6 Å². The fourth-order valence-corrected chi connectivity index (χ4v) is 3.93. The van der Waals surface area contributed by atoms with Gasteiger partial charge in [0.15, 0.2) is 6.10 Å². The number of carbonyl (C=O) groups excluding carboxylic acids is 2. The van der Waals surface area contributed by atoms with E-state index in [1.165, 1.54) is 24.9 Å². The van der Waals surface area contributed by atoms with Gasteiger partial charge in [-0.25, -0.2) is 4.79 Å². The van der Waals surface area contributed by atoms with Gasteiger partial charge in [0.25, 0.3) is 5.91 Å². The molecular weight excluding hydrogens is 378 g/mol. The van der Waals surface area contributed by atoms with E-state index in [1.807, 2.05) is 60.1 Å². The number of piperidine rings is 1. The molecule has 1 amide bonds. The van der Waals surface area contributed by atoms with Gasteiger partial charge in [-0.1, -0.05) is 18.2 Å². The molecule has 0 radical (unpaired) electrons. The summed E-state index contributed by atoms with van der Waals surface area (Å²) in [6.45, 7) is 3.74. The molecule has 1 aliphatic rings. The molecule has 1 N–H and O–H groups in total. The number of nitrogens with one attached hydrogen (secondary N) is 1. The first-order valence-electron chi connectivity index (χ1n) is 10.4. The number of nitrogens with zero attached hydrogens (tertiary/aromatic N) is 2. The number of para-hydroxylation sites is 1. The van der Waals surface area contributed by atoms with Gasteiger partial charge in [-0.3, -0.25) is 4.79 Å². The molecule has 2 aromatic carbocycles. The van der Waals surface area contributed by atoms with Crippen LogP contribution in [0.15, 0.2) is 54.7 Å². The van der Waals surface area contributed by atoms with Gasteiger partial charge in [-0.2, -0.15) is 0 Å². The van der Waals surface area contributed by atoms with Crippen LogP contribution in [0, 0.1) is 0 Å². The Morgan fingerprint density at radius 2 is 1.70 bits per heavy atom. The molecule has 1 aliphatic heterocycles. The summed E-state index contributed by atoms with van der Waals surface area (Å²) in [5.74, 6) is -0.857. The van der Waals surface area contributed by atoms with E-state index in [0.29, 0.717) is 11.3 Å². The molecule has 0 bridgehead atoms. The predicted octanol–water partition coefficient (Wildman–Crippen LogP) is 4.35. The summed E-state index contributed by atoms with van der Waals surface area (Å²) < 4.78 is 7.31. The van der Waals surface area contributed by atoms with Gasteiger partial charge >= 0.3 is 5.97 Å². The summed E-state index contributed by atoms with van der Waals surface area (Å²) in [6.07, 6.45) is 4.56. The van der Waals surface area contributed by atoms with E-state index in [0.717, 1.165) is 24.0 Å². The standard InChI is InChI=1S/C24H27N3O3/c1-17(30-24(29)21-16-26(2)22-9-5-4-8-20(21)22)23(28)25-18-10-12-19(13-11-18)27-14-6-3-7-15-27/h4-5,8-13,16-17H,3,6-7,14-15H2,1-2H3,(H,25,28)/t17-/m1/s1. The molecule has 1 aromatic heterocycles.